The molecule has 0 aromatic carbocycles. The average Bonchev–Trinajstić information content (AvgIpc) is 2.44. The molecule has 1 fully saturated rings. The van der Waals surface area contributed by atoms with Gasteiger partial charge in [0.15, 0.2) is 0 Å². The van der Waals surface area contributed by atoms with Gasteiger partial charge in [-0.25, -0.2) is 0 Å². The molecule has 2 N–H and O–H groups in total. The number of aliphatic carboxylic acids is 1. The summed E-state index contributed by atoms with van der Waals surface area (Å²) in [4.78, 5) is 10.3. The van der Waals surface area contributed by atoms with Crippen LogP contribution in [0.15, 0.2) is 0 Å². The first-order chi connectivity index (χ1) is 7.02. The highest BCUT2D eigenvalue weighted by atomic mass is 16.4. The van der Waals surface area contributed by atoms with E-state index in [1.54, 1.807) is 0 Å². The lowest BCUT2D eigenvalue weighted by Gasteiger charge is -2.27. The number of carbonyl (C=O) groups is 1. The Labute approximate surface area is 92.3 Å². The fourth-order valence-electron chi connectivity index (χ4n) is 2.38. The van der Waals surface area contributed by atoms with Gasteiger partial charge in [-0.1, -0.05) is 20.3 Å². The predicted molar refractivity (Wildman–Crippen MR) is 60.9 cm³/mol. The molecule has 0 radical (unpaired) electrons. The van der Waals surface area contributed by atoms with Crippen LogP contribution in [0.3, 0.4) is 0 Å². The summed E-state index contributed by atoms with van der Waals surface area (Å²) in [6, 6.07) is 0.627. The van der Waals surface area contributed by atoms with Crippen LogP contribution in [0.1, 0.15) is 52.4 Å². The van der Waals surface area contributed by atoms with Crippen molar-refractivity contribution in [3.63, 3.8) is 0 Å². The van der Waals surface area contributed by atoms with Crippen LogP contribution in [-0.2, 0) is 4.79 Å². The molecular weight excluding hydrogens is 190 g/mol. The average molecular weight is 213 g/mol. The predicted octanol–water partition coefficient (Wildman–Crippen LogP) is 2.41. The van der Waals surface area contributed by atoms with E-state index in [1.807, 2.05) is 0 Å². The van der Waals surface area contributed by atoms with Crippen LogP contribution in [0.4, 0.5) is 0 Å². The minimum absolute atomic E-state index is 0.301. The molecule has 3 heteroatoms. The maximum Gasteiger partial charge on any atom is 0.303 e. The van der Waals surface area contributed by atoms with Crippen molar-refractivity contribution < 1.29 is 9.90 Å². The van der Waals surface area contributed by atoms with Crippen molar-refractivity contribution in [1.29, 1.82) is 0 Å². The highest BCUT2D eigenvalue weighted by Gasteiger charge is 2.33. The molecular formula is C12H23NO2. The van der Waals surface area contributed by atoms with Crippen molar-refractivity contribution in [2.75, 3.05) is 6.54 Å². The molecule has 3 nitrogen and oxygen atoms in total. The lowest BCUT2D eigenvalue weighted by atomic mass is 9.87. The normalized spacial score (nSPS) is 24.3. The summed E-state index contributed by atoms with van der Waals surface area (Å²) >= 11 is 0. The van der Waals surface area contributed by atoms with Gasteiger partial charge in [-0.3, -0.25) is 4.79 Å². The molecule has 0 amide bonds. The van der Waals surface area contributed by atoms with E-state index >= 15 is 0 Å². The van der Waals surface area contributed by atoms with Crippen LogP contribution in [0, 0.1) is 5.41 Å². The topological polar surface area (TPSA) is 49.3 Å². The Bertz CT molecular complexity index is 214. The third kappa shape index (κ3) is 4.20. The SMILES string of the molecule is CC1(C)CCCC1NCCCCC(=O)O. The Kier molecular flexibility index (Phi) is 4.58. The molecule has 1 aliphatic carbocycles. The number of carboxylic acid groups (broad SMARTS) is 1. The molecule has 0 aromatic heterocycles. The third-order valence-electron chi connectivity index (χ3n) is 3.47. The van der Waals surface area contributed by atoms with Gasteiger partial charge in [0.25, 0.3) is 0 Å². The second-order valence-corrected chi connectivity index (χ2v) is 5.24. The zero-order chi connectivity index (χ0) is 11.3. The highest BCUT2D eigenvalue weighted by molar-refractivity contribution is 5.66. The standard InChI is InChI=1S/C12H23NO2/c1-12(2)8-5-6-10(12)13-9-4-3-7-11(14)15/h10,13H,3-9H2,1-2H3,(H,14,15). The smallest absolute Gasteiger partial charge is 0.303 e. The van der Waals surface area contributed by atoms with Crippen LogP contribution in [-0.4, -0.2) is 23.7 Å². The Morgan fingerprint density at radius 1 is 1.47 bits per heavy atom. The summed E-state index contributed by atoms with van der Waals surface area (Å²) in [7, 11) is 0. The summed E-state index contributed by atoms with van der Waals surface area (Å²) in [5.41, 5.74) is 0.423. The van der Waals surface area contributed by atoms with Gasteiger partial charge in [0, 0.05) is 12.5 Å². The van der Waals surface area contributed by atoms with Crippen molar-refractivity contribution in [1.82, 2.24) is 5.32 Å². The minimum atomic E-state index is -0.684. The number of rotatable bonds is 6. The van der Waals surface area contributed by atoms with Gasteiger partial charge in [0.2, 0.25) is 0 Å². The van der Waals surface area contributed by atoms with Gasteiger partial charge in [-0.15, -0.1) is 0 Å². The first kappa shape index (κ1) is 12.5. The summed E-state index contributed by atoms with van der Waals surface area (Å²) in [6.07, 6.45) is 5.95. The molecule has 1 atom stereocenters. The van der Waals surface area contributed by atoms with E-state index in [-0.39, 0.29) is 0 Å². The second kappa shape index (κ2) is 5.50. The van der Waals surface area contributed by atoms with Crippen molar-refractivity contribution in [2.24, 2.45) is 5.41 Å². The molecule has 88 valence electrons. The molecule has 0 saturated heterocycles. The van der Waals surface area contributed by atoms with Crippen molar-refractivity contribution in [3.05, 3.63) is 0 Å². The lowest BCUT2D eigenvalue weighted by Crippen LogP contribution is -2.38. The Hall–Kier alpha value is -0.570. The van der Waals surface area contributed by atoms with E-state index in [1.165, 1.54) is 19.3 Å². The largest absolute Gasteiger partial charge is 0.481 e. The minimum Gasteiger partial charge on any atom is -0.481 e. The van der Waals surface area contributed by atoms with Crippen LogP contribution in [0.25, 0.3) is 0 Å². The maximum atomic E-state index is 10.3. The van der Waals surface area contributed by atoms with E-state index in [4.69, 9.17) is 5.11 Å². The summed E-state index contributed by atoms with van der Waals surface area (Å²) in [5, 5.41) is 12.0. The van der Waals surface area contributed by atoms with Crippen LogP contribution < -0.4 is 5.32 Å². The number of hydrogen-bond donors (Lipinski definition) is 2. The number of nitrogens with one attached hydrogen (secondary N) is 1. The zero-order valence-electron chi connectivity index (χ0n) is 9.88. The van der Waals surface area contributed by atoms with Gasteiger partial charge in [0.1, 0.15) is 0 Å². The Morgan fingerprint density at radius 3 is 2.73 bits per heavy atom. The first-order valence-electron chi connectivity index (χ1n) is 5.97. The van der Waals surface area contributed by atoms with E-state index in [2.05, 4.69) is 19.2 Å². The van der Waals surface area contributed by atoms with Gasteiger partial charge < -0.3 is 10.4 Å². The molecule has 15 heavy (non-hydrogen) atoms. The molecule has 1 saturated carbocycles. The monoisotopic (exact) mass is 213 g/mol. The molecule has 0 spiro atoms. The van der Waals surface area contributed by atoms with Crippen LogP contribution in [0.5, 0.6) is 0 Å². The summed E-state index contributed by atoms with van der Waals surface area (Å²) < 4.78 is 0. The van der Waals surface area contributed by atoms with E-state index < -0.39 is 5.97 Å². The third-order valence-corrected chi connectivity index (χ3v) is 3.47. The maximum absolute atomic E-state index is 10.3. The van der Waals surface area contributed by atoms with Gasteiger partial charge >= 0.3 is 5.97 Å². The van der Waals surface area contributed by atoms with Gasteiger partial charge in [-0.05, 0) is 37.6 Å². The number of unbranched alkanes of at least 4 members (excludes halogenated alkanes) is 1. The quantitative estimate of drug-likeness (QED) is 0.666. The molecule has 1 rings (SSSR count). The summed E-state index contributed by atoms with van der Waals surface area (Å²) in [6.45, 7) is 5.59. The molecule has 1 unspecified atom stereocenters. The van der Waals surface area contributed by atoms with E-state index in [0.717, 1.165) is 19.4 Å². The highest BCUT2D eigenvalue weighted by Crippen LogP contribution is 2.37. The van der Waals surface area contributed by atoms with Crippen LogP contribution in [0.2, 0.25) is 0 Å². The fraction of sp³-hybridized carbons (Fsp3) is 0.917. The molecule has 0 heterocycles. The van der Waals surface area contributed by atoms with E-state index in [9.17, 15) is 4.79 Å². The number of hydrogen-bond acceptors (Lipinski definition) is 2. The summed E-state index contributed by atoms with van der Waals surface area (Å²) in [5.74, 6) is -0.684. The van der Waals surface area contributed by atoms with E-state index in [0.29, 0.717) is 17.9 Å². The van der Waals surface area contributed by atoms with Crippen molar-refractivity contribution in [2.45, 2.75) is 58.4 Å². The van der Waals surface area contributed by atoms with Gasteiger partial charge in [-0.2, -0.15) is 0 Å². The van der Waals surface area contributed by atoms with Crippen molar-refractivity contribution in [3.8, 4) is 0 Å². The Morgan fingerprint density at radius 2 is 2.20 bits per heavy atom. The zero-order valence-corrected chi connectivity index (χ0v) is 9.88. The number of carboxylic acids is 1. The lowest BCUT2D eigenvalue weighted by molar-refractivity contribution is -0.137. The second-order valence-electron chi connectivity index (χ2n) is 5.24. The molecule has 0 aromatic rings. The molecule has 0 bridgehead atoms. The van der Waals surface area contributed by atoms with Gasteiger partial charge in [0.05, 0.1) is 0 Å². The molecule has 1 aliphatic rings. The van der Waals surface area contributed by atoms with Crippen molar-refractivity contribution >= 4 is 5.97 Å². The molecule has 0 aliphatic heterocycles. The Balaban J connectivity index is 2.07. The first-order valence-corrected chi connectivity index (χ1v) is 5.97. The van der Waals surface area contributed by atoms with Crippen LogP contribution >= 0.6 is 0 Å². The fourth-order valence-corrected chi connectivity index (χ4v) is 2.38.